The normalized spacial score (nSPS) is 14.8. The quantitative estimate of drug-likeness (QED) is 0.280. The lowest BCUT2D eigenvalue weighted by Gasteiger charge is -2.43. The van der Waals surface area contributed by atoms with Crippen LogP contribution in [0.25, 0.3) is 0 Å². The Morgan fingerprint density at radius 1 is 0.588 bits per heavy atom. The molecule has 0 radical (unpaired) electrons. The molecule has 0 N–H and O–H groups in total. The molecule has 0 atom stereocenters. The third kappa shape index (κ3) is 4.06. The van der Waals surface area contributed by atoms with Crippen LogP contribution in [0.5, 0.6) is 0 Å². The van der Waals surface area contributed by atoms with Crippen molar-refractivity contribution >= 4 is 17.8 Å². The molecule has 1 aliphatic rings. The molecule has 0 aliphatic carbocycles. The van der Waals surface area contributed by atoms with Crippen molar-refractivity contribution in [3.05, 3.63) is 132 Å². The SMILES string of the molecule is O=P(c1ccccc1)(c1ccccc1)C(CCN1CCCC1)(c1ccccc1)c1ccccc1. The van der Waals surface area contributed by atoms with Gasteiger partial charge in [-0.2, -0.15) is 0 Å². The number of rotatable bonds is 8. The molecule has 1 saturated heterocycles. The van der Waals surface area contributed by atoms with Gasteiger partial charge in [0.1, 0.15) is 0 Å². The molecule has 5 rings (SSSR count). The van der Waals surface area contributed by atoms with Crippen LogP contribution < -0.4 is 10.6 Å². The van der Waals surface area contributed by atoms with Gasteiger partial charge in [-0.05, 0) is 50.0 Å². The van der Waals surface area contributed by atoms with Crippen LogP contribution in [0.2, 0.25) is 0 Å². The summed E-state index contributed by atoms with van der Waals surface area (Å²) in [6.07, 6.45) is 3.29. The lowest BCUT2D eigenvalue weighted by molar-refractivity contribution is 0.319. The van der Waals surface area contributed by atoms with Gasteiger partial charge in [0.25, 0.3) is 0 Å². The van der Waals surface area contributed by atoms with Gasteiger partial charge in [-0.1, -0.05) is 121 Å². The first-order chi connectivity index (χ1) is 16.7. The van der Waals surface area contributed by atoms with Gasteiger partial charge in [-0.15, -0.1) is 0 Å². The fourth-order valence-corrected chi connectivity index (χ4v) is 9.40. The fraction of sp³-hybridized carbons (Fsp3) is 0.226. The molecule has 34 heavy (non-hydrogen) atoms. The Hall–Kier alpha value is -2.93. The summed E-state index contributed by atoms with van der Waals surface area (Å²) in [6.45, 7) is 3.18. The van der Waals surface area contributed by atoms with E-state index in [9.17, 15) is 0 Å². The molecule has 0 saturated carbocycles. The summed E-state index contributed by atoms with van der Waals surface area (Å²) in [7, 11) is -3.19. The molecule has 4 aromatic carbocycles. The van der Waals surface area contributed by atoms with Crippen LogP contribution in [0.15, 0.2) is 121 Å². The first-order valence-electron chi connectivity index (χ1n) is 12.3. The summed E-state index contributed by atoms with van der Waals surface area (Å²) in [5, 5.41) is 1.14. The summed E-state index contributed by atoms with van der Waals surface area (Å²) >= 11 is 0. The van der Waals surface area contributed by atoms with Crippen molar-refractivity contribution in [2.24, 2.45) is 0 Å². The average molecular weight is 466 g/mol. The van der Waals surface area contributed by atoms with Crippen molar-refractivity contribution in [1.29, 1.82) is 0 Å². The van der Waals surface area contributed by atoms with Crippen molar-refractivity contribution in [2.75, 3.05) is 19.6 Å². The molecule has 0 amide bonds. The predicted molar refractivity (Wildman–Crippen MR) is 144 cm³/mol. The van der Waals surface area contributed by atoms with E-state index in [-0.39, 0.29) is 0 Å². The van der Waals surface area contributed by atoms with E-state index in [2.05, 4.69) is 89.8 Å². The van der Waals surface area contributed by atoms with Crippen molar-refractivity contribution < 1.29 is 4.57 Å². The maximum atomic E-state index is 16.0. The van der Waals surface area contributed by atoms with E-state index in [1.165, 1.54) is 12.8 Å². The molecule has 0 spiro atoms. The Morgan fingerprint density at radius 2 is 0.971 bits per heavy atom. The minimum atomic E-state index is -3.19. The van der Waals surface area contributed by atoms with E-state index < -0.39 is 12.3 Å². The van der Waals surface area contributed by atoms with Crippen LogP contribution in [0.1, 0.15) is 30.4 Å². The smallest absolute Gasteiger partial charge is 0.157 e. The third-order valence-electron chi connectivity index (χ3n) is 7.27. The maximum absolute atomic E-state index is 16.0. The lowest BCUT2D eigenvalue weighted by atomic mass is 9.87. The average Bonchev–Trinajstić information content (AvgIpc) is 3.45. The van der Waals surface area contributed by atoms with E-state index >= 15 is 4.57 Å². The largest absolute Gasteiger partial charge is 0.312 e. The van der Waals surface area contributed by atoms with Crippen molar-refractivity contribution in [3.63, 3.8) is 0 Å². The van der Waals surface area contributed by atoms with E-state index in [0.29, 0.717) is 0 Å². The second-order valence-electron chi connectivity index (χ2n) is 9.17. The fourth-order valence-electron chi connectivity index (χ4n) is 5.60. The van der Waals surface area contributed by atoms with E-state index in [1.54, 1.807) is 0 Å². The second kappa shape index (κ2) is 10.1. The van der Waals surface area contributed by atoms with Gasteiger partial charge in [0, 0.05) is 10.6 Å². The first kappa shape index (κ1) is 22.8. The zero-order valence-corrected chi connectivity index (χ0v) is 20.5. The first-order valence-corrected chi connectivity index (χ1v) is 14.0. The second-order valence-corrected chi connectivity index (χ2v) is 12.2. The number of benzene rings is 4. The number of likely N-dealkylation sites (tertiary alicyclic amines) is 1. The molecule has 172 valence electrons. The lowest BCUT2D eigenvalue weighted by Crippen LogP contribution is -2.40. The van der Waals surface area contributed by atoms with Crippen molar-refractivity contribution in [3.8, 4) is 0 Å². The molecule has 1 aliphatic heterocycles. The molecule has 1 heterocycles. The summed E-state index contributed by atoms with van der Waals surface area (Å²) in [5.74, 6) is 0. The van der Waals surface area contributed by atoms with Gasteiger partial charge in [0.2, 0.25) is 0 Å². The van der Waals surface area contributed by atoms with Gasteiger partial charge in [0.05, 0.1) is 5.16 Å². The van der Waals surface area contributed by atoms with Crippen LogP contribution in [0, 0.1) is 0 Å². The molecular weight excluding hydrogens is 433 g/mol. The highest BCUT2D eigenvalue weighted by Crippen LogP contribution is 2.66. The van der Waals surface area contributed by atoms with Crippen molar-refractivity contribution in [1.82, 2.24) is 4.90 Å². The minimum Gasteiger partial charge on any atom is -0.312 e. The number of hydrogen-bond donors (Lipinski definition) is 0. The monoisotopic (exact) mass is 465 g/mol. The zero-order chi connectivity index (χ0) is 23.3. The Balaban J connectivity index is 1.83. The standard InChI is InChI=1S/C31H32NOP/c33-34(29-19-9-3-10-20-29,30-21-11-4-12-22-30)31(27-15-5-1-6-16-27,28-17-7-2-8-18-28)23-26-32-24-13-14-25-32/h1-12,15-22H,13-14,23-26H2. The van der Waals surface area contributed by atoms with E-state index in [0.717, 1.165) is 47.8 Å². The Morgan fingerprint density at radius 3 is 1.38 bits per heavy atom. The zero-order valence-electron chi connectivity index (χ0n) is 19.6. The number of nitrogens with zero attached hydrogens (tertiary/aromatic N) is 1. The highest BCUT2D eigenvalue weighted by atomic mass is 31.2. The summed E-state index contributed by atoms with van der Waals surface area (Å²) in [6, 6.07) is 41.5. The summed E-state index contributed by atoms with van der Waals surface area (Å²) in [5.41, 5.74) is 2.24. The van der Waals surface area contributed by atoms with E-state index in [4.69, 9.17) is 0 Å². The molecule has 0 bridgehead atoms. The van der Waals surface area contributed by atoms with Crippen LogP contribution in [0.4, 0.5) is 0 Å². The highest BCUT2D eigenvalue weighted by molar-refractivity contribution is 7.80. The molecular formula is C31H32NOP. The third-order valence-corrected chi connectivity index (χ3v) is 11.1. The van der Waals surface area contributed by atoms with Crippen LogP contribution in [0.3, 0.4) is 0 Å². The van der Waals surface area contributed by atoms with Crippen molar-refractivity contribution in [2.45, 2.75) is 24.4 Å². The minimum absolute atomic E-state index is 0.680. The molecule has 4 aromatic rings. The molecule has 0 aromatic heterocycles. The summed E-state index contributed by atoms with van der Waals surface area (Å²) < 4.78 is 16.0. The van der Waals surface area contributed by atoms with Gasteiger partial charge in [-0.3, -0.25) is 0 Å². The Bertz CT molecular complexity index is 1140. The maximum Gasteiger partial charge on any atom is 0.157 e. The van der Waals surface area contributed by atoms with Gasteiger partial charge >= 0.3 is 0 Å². The van der Waals surface area contributed by atoms with Gasteiger partial charge in [0.15, 0.2) is 7.14 Å². The van der Waals surface area contributed by atoms with Gasteiger partial charge in [-0.25, -0.2) is 0 Å². The Kier molecular flexibility index (Phi) is 6.81. The molecule has 3 heteroatoms. The van der Waals surface area contributed by atoms with Crippen LogP contribution >= 0.6 is 7.14 Å². The van der Waals surface area contributed by atoms with Crippen LogP contribution in [-0.4, -0.2) is 24.5 Å². The highest BCUT2D eigenvalue weighted by Gasteiger charge is 2.52. The molecule has 1 fully saturated rings. The molecule has 0 unspecified atom stereocenters. The predicted octanol–water partition coefficient (Wildman–Crippen LogP) is 6.43. The topological polar surface area (TPSA) is 20.3 Å². The molecule has 2 nitrogen and oxygen atoms in total. The number of hydrogen-bond acceptors (Lipinski definition) is 2. The summed E-state index contributed by atoms with van der Waals surface area (Å²) in [4.78, 5) is 2.54. The Labute approximate surface area is 203 Å². The van der Waals surface area contributed by atoms with E-state index in [1.807, 2.05) is 36.4 Å². The van der Waals surface area contributed by atoms with Crippen LogP contribution in [-0.2, 0) is 9.72 Å². The van der Waals surface area contributed by atoms with Gasteiger partial charge < -0.3 is 9.46 Å².